The Balaban J connectivity index is 2.06. The van der Waals surface area contributed by atoms with Gasteiger partial charge in [0.05, 0.1) is 5.69 Å². The molecule has 0 fully saturated rings. The molecule has 4 rings (SSSR count). The molecule has 1 amide bonds. The first-order valence-corrected chi connectivity index (χ1v) is 8.19. The summed E-state index contributed by atoms with van der Waals surface area (Å²) in [7, 11) is 0. The quantitative estimate of drug-likeness (QED) is 0.759. The van der Waals surface area contributed by atoms with Gasteiger partial charge in [-0.2, -0.15) is 0 Å². The number of amides is 1. The molecule has 2 aromatic carbocycles. The number of benzene rings is 2. The second kappa shape index (κ2) is 4.95. The molecule has 0 saturated carbocycles. The van der Waals surface area contributed by atoms with E-state index in [1.54, 1.807) is 4.90 Å². The van der Waals surface area contributed by atoms with Gasteiger partial charge in [0.15, 0.2) is 5.60 Å². The van der Waals surface area contributed by atoms with Gasteiger partial charge < -0.3 is 15.0 Å². The summed E-state index contributed by atoms with van der Waals surface area (Å²) in [6.07, 6.45) is 0. The van der Waals surface area contributed by atoms with Crippen molar-refractivity contribution in [3.63, 3.8) is 0 Å². The predicted molar refractivity (Wildman–Crippen MR) is 95.1 cm³/mol. The van der Waals surface area contributed by atoms with Crippen molar-refractivity contribution >= 4 is 22.5 Å². The van der Waals surface area contributed by atoms with Crippen LogP contribution in [0.2, 0.25) is 0 Å². The summed E-state index contributed by atoms with van der Waals surface area (Å²) in [5.74, 6) is -0.286. The van der Waals surface area contributed by atoms with Crippen LogP contribution < -0.4 is 4.90 Å². The maximum absolute atomic E-state index is 13.3. The van der Waals surface area contributed by atoms with Gasteiger partial charge >= 0.3 is 0 Å². The van der Waals surface area contributed by atoms with Gasteiger partial charge in [-0.25, -0.2) is 0 Å². The molecule has 0 radical (unpaired) electrons. The average molecular weight is 320 g/mol. The van der Waals surface area contributed by atoms with Crippen LogP contribution in [0.5, 0.6) is 0 Å². The Morgan fingerprint density at radius 2 is 1.75 bits per heavy atom. The smallest absolute Gasteiger partial charge is 0.268 e. The molecule has 4 heteroatoms. The van der Waals surface area contributed by atoms with E-state index in [2.05, 4.69) is 4.98 Å². The standard InChI is InChI=1S/C20H20N2O2/c1-12(2)22-17-11-7-5-9-15(17)20(24,19(22)23)18-13(3)21-16-10-6-4-8-14(16)18/h4-12,21,24H,1-3H3/t20-/m1/s1. The van der Waals surface area contributed by atoms with Gasteiger partial charge in [-0.3, -0.25) is 4.79 Å². The van der Waals surface area contributed by atoms with Crippen LogP contribution in [0.15, 0.2) is 48.5 Å². The lowest BCUT2D eigenvalue weighted by atomic mass is 9.85. The van der Waals surface area contributed by atoms with Crippen molar-refractivity contribution in [3.8, 4) is 0 Å². The maximum Gasteiger partial charge on any atom is 0.268 e. The van der Waals surface area contributed by atoms with Gasteiger partial charge in [0, 0.05) is 33.8 Å². The first-order chi connectivity index (χ1) is 11.5. The number of carbonyl (C=O) groups is 1. The number of hydrogen-bond donors (Lipinski definition) is 2. The third-order valence-electron chi connectivity index (χ3n) is 4.85. The van der Waals surface area contributed by atoms with Crippen LogP contribution in [-0.4, -0.2) is 22.0 Å². The van der Waals surface area contributed by atoms with E-state index in [1.165, 1.54) is 0 Å². The highest BCUT2D eigenvalue weighted by molar-refractivity contribution is 6.11. The number of aliphatic hydroxyl groups is 1. The first-order valence-electron chi connectivity index (χ1n) is 8.19. The molecule has 3 aromatic rings. The van der Waals surface area contributed by atoms with Crippen molar-refractivity contribution in [1.29, 1.82) is 0 Å². The van der Waals surface area contributed by atoms with Crippen LogP contribution in [0.25, 0.3) is 10.9 Å². The highest BCUT2D eigenvalue weighted by Gasteiger charge is 2.53. The number of H-pyrrole nitrogens is 1. The van der Waals surface area contributed by atoms with Crippen molar-refractivity contribution in [2.24, 2.45) is 0 Å². The van der Waals surface area contributed by atoms with Gasteiger partial charge in [0.2, 0.25) is 0 Å². The van der Waals surface area contributed by atoms with Crippen molar-refractivity contribution in [1.82, 2.24) is 4.98 Å². The molecule has 24 heavy (non-hydrogen) atoms. The Morgan fingerprint density at radius 3 is 2.50 bits per heavy atom. The highest BCUT2D eigenvalue weighted by atomic mass is 16.3. The van der Waals surface area contributed by atoms with Gasteiger partial charge in [-0.15, -0.1) is 0 Å². The number of nitrogens with one attached hydrogen (secondary N) is 1. The Kier molecular flexibility index (Phi) is 3.09. The van der Waals surface area contributed by atoms with Crippen LogP contribution in [0.4, 0.5) is 5.69 Å². The summed E-state index contributed by atoms with van der Waals surface area (Å²) < 4.78 is 0. The van der Waals surface area contributed by atoms with Gasteiger partial charge in [-0.1, -0.05) is 36.4 Å². The lowest BCUT2D eigenvalue weighted by Gasteiger charge is -2.26. The van der Waals surface area contributed by atoms with E-state index in [1.807, 2.05) is 69.3 Å². The lowest BCUT2D eigenvalue weighted by Crippen LogP contribution is -2.44. The number of nitrogens with zero attached hydrogens (tertiary/aromatic N) is 1. The Morgan fingerprint density at radius 1 is 1.08 bits per heavy atom. The van der Waals surface area contributed by atoms with E-state index in [9.17, 15) is 9.90 Å². The minimum Gasteiger partial charge on any atom is -0.372 e. The third-order valence-corrected chi connectivity index (χ3v) is 4.85. The van der Waals surface area contributed by atoms with Crippen molar-refractivity contribution in [3.05, 3.63) is 65.4 Å². The molecule has 2 N–H and O–H groups in total. The fraction of sp³-hybridized carbons (Fsp3) is 0.250. The molecule has 122 valence electrons. The highest BCUT2D eigenvalue weighted by Crippen LogP contribution is 2.47. The molecule has 0 bridgehead atoms. The molecular weight excluding hydrogens is 300 g/mol. The van der Waals surface area contributed by atoms with Gasteiger partial charge in [0.25, 0.3) is 5.91 Å². The van der Waals surface area contributed by atoms with E-state index in [0.29, 0.717) is 11.1 Å². The molecule has 1 aromatic heterocycles. The van der Waals surface area contributed by atoms with Crippen LogP contribution in [-0.2, 0) is 10.4 Å². The minimum atomic E-state index is -1.66. The second-order valence-electron chi connectivity index (χ2n) is 6.67. The number of carbonyl (C=O) groups excluding carboxylic acids is 1. The molecule has 0 spiro atoms. The van der Waals surface area contributed by atoms with Crippen molar-refractivity contribution < 1.29 is 9.90 Å². The Bertz CT molecular complexity index is 957. The number of fused-ring (bicyclic) bond motifs is 2. The number of hydrogen-bond acceptors (Lipinski definition) is 2. The molecule has 0 saturated heterocycles. The van der Waals surface area contributed by atoms with E-state index in [4.69, 9.17) is 0 Å². The summed E-state index contributed by atoms with van der Waals surface area (Å²) in [5.41, 5.74) is 2.16. The zero-order valence-electron chi connectivity index (χ0n) is 14.0. The molecule has 1 aliphatic rings. The number of anilines is 1. The first kappa shape index (κ1) is 15.0. The summed E-state index contributed by atoms with van der Waals surface area (Å²) in [5, 5.41) is 12.5. The molecule has 0 unspecified atom stereocenters. The van der Waals surface area contributed by atoms with Crippen molar-refractivity contribution in [2.45, 2.75) is 32.4 Å². The zero-order valence-corrected chi connectivity index (χ0v) is 14.0. The normalized spacial score (nSPS) is 20.2. The predicted octanol–water partition coefficient (Wildman–Crippen LogP) is 3.47. The van der Waals surface area contributed by atoms with E-state index in [-0.39, 0.29) is 11.9 Å². The largest absolute Gasteiger partial charge is 0.372 e. The Hall–Kier alpha value is -2.59. The molecular formula is C20H20N2O2. The van der Waals surface area contributed by atoms with Crippen molar-refractivity contribution in [2.75, 3.05) is 4.90 Å². The number of rotatable bonds is 2. The second-order valence-corrected chi connectivity index (χ2v) is 6.67. The number of aromatic nitrogens is 1. The van der Waals surface area contributed by atoms with E-state index in [0.717, 1.165) is 22.3 Å². The lowest BCUT2D eigenvalue weighted by molar-refractivity contribution is -0.132. The molecule has 4 nitrogen and oxygen atoms in total. The summed E-state index contributed by atoms with van der Waals surface area (Å²) in [4.78, 5) is 18.3. The number of aryl methyl sites for hydroxylation is 1. The van der Waals surface area contributed by atoms with Crippen LogP contribution >= 0.6 is 0 Å². The van der Waals surface area contributed by atoms with E-state index < -0.39 is 5.60 Å². The molecule has 2 heterocycles. The Labute approximate surface area is 140 Å². The fourth-order valence-electron chi connectivity index (χ4n) is 3.89. The van der Waals surface area contributed by atoms with Crippen LogP contribution in [0.3, 0.4) is 0 Å². The van der Waals surface area contributed by atoms with Gasteiger partial charge in [-0.05, 0) is 32.9 Å². The third kappa shape index (κ3) is 1.74. The molecule has 1 aliphatic heterocycles. The van der Waals surface area contributed by atoms with Crippen LogP contribution in [0, 0.1) is 6.92 Å². The minimum absolute atomic E-state index is 0.0295. The average Bonchev–Trinajstić information content (AvgIpc) is 3.00. The monoisotopic (exact) mass is 320 g/mol. The number of aromatic amines is 1. The van der Waals surface area contributed by atoms with Crippen LogP contribution in [0.1, 0.15) is 30.7 Å². The molecule has 1 atom stereocenters. The SMILES string of the molecule is Cc1[nH]c2ccccc2c1[C@@]1(O)C(=O)N(C(C)C)c2ccccc21. The zero-order chi connectivity index (χ0) is 17.1. The summed E-state index contributed by atoms with van der Waals surface area (Å²) in [6, 6.07) is 15.2. The van der Waals surface area contributed by atoms with E-state index >= 15 is 0 Å². The van der Waals surface area contributed by atoms with Gasteiger partial charge in [0.1, 0.15) is 0 Å². The molecule has 0 aliphatic carbocycles. The number of para-hydroxylation sites is 2. The topological polar surface area (TPSA) is 56.3 Å². The summed E-state index contributed by atoms with van der Waals surface area (Å²) >= 11 is 0. The maximum atomic E-state index is 13.3. The fourth-order valence-corrected chi connectivity index (χ4v) is 3.89. The summed E-state index contributed by atoms with van der Waals surface area (Å²) in [6.45, 7) is 5.83.